The number of nitrogens with zero attached hydrogens (tertiary/aromatic N) is 5. The van der Waals surface area contributed by atoms with E-state index >= 15 is 0 Å². The number of nitrogens with one attached hydrogen (secondary N) is 1. The molecule has 4 aromatic heterocycles. The average Bonchev–Trinajstić information content (AvgIpc) is 3.64. The lowest BCUT2D eigenvalue weighted by Gasteiger charge is -2.18. The molecule has 0 amide bonds. The van der Waals surface area contributed by atoms with Gasteiger partial charge in [0.1, 0.15) is 39.1 Å². The van der Waals surface area contributed by atoms with Crippen molar-refractivity contribution in [2.24, 2.45) is 16.8 Å². The Morgan fingerprint density at radius 3 is 2.25 bits per heavy atom. The summed E-state index contributed by atoms with van der Waals surface area (Å²) in [7, 11) is 0. The highest BCUT2D eigenvalue weighted by Gasteiger charge is 2.24. The van der Waals surface area contributed by atoms with Crippen molar-refractivity contribution in [3.05, 3.63) is 67.8 Å². The summed E-state index contributed by atoms with van der Waals surface area (Å²) in [5.41, 5.74) is 5.08. The van der Waals surface area contributed by atoms with E-state index in [4.69, 9.17) is 11.6 Å². The molecule has 1 aliphatic heterocycles. The van der Waals surface area contributed by atoms with Crippen LogP contribution >= 0.6 is 34.3 Å². The molecule has 0 fully saturated rings. The van der Waals surface area contributed by atoms with Gasteiger partial charge in [-0.1, -0.05) is 25.4 Å². The van der Waals surface area contributed by atoms with Crippen LogP contribution in [0, 0.1) is 17.7 Å². The van der Waals surface area contributed by atoms with E-state index in [1.165, 1.54) is 40.1 Å². The predicted molar refractivity (Wildman–Crippen MR) is 163 cm³/mol. The molecule has 3 aliphatic rings. The van der Waals surface area contributed by atoms with Gasteiger partial charge in [0.15, 0.2) is 0 Å². The molecule has 10 heteroatoms. The average molecular weight is 591 g/mol. The summed E-state index contributed by atoms with van der Waals surface area (Å²) in [6, 6.07) is 3.38. The maximum absolute atomic E-state index is 14.5. The second-order valence-corrected chi connectivity index (χ2v) is 13.6. The molecule has 2 aliphatic carbocycles. The van der Waals surface area contributed by atoms with Gasteiger partial charge in [0.25, 0.3) is 0 Å². The molecular formula is C30H28ClFN6S2. The fraction of sp³-hybridized carbons (Fsp3) is 0.367. The SMILES string of the molecule is CC1CCc2c(sc3ncnc(Cl)c23)C1.CC1CCc2c(sc3ncnc(Nc4cc5c(cc4F)CN=C5)c23)C1. The van der Waals surface area contributed by atoms with Gasteiger partial charge in [-0.2, -0.15) is 0 Å². The number of halogens is 2. The minimum atomic E-state index is -0.270. The lowest BCUT2D eigenvalue weighted by molar-refractivity contribution is 0.509. The summed E-state index contributed by atoms with van der Waals surface area (Å²) in [6.45, 7) is 5.15. The zero-order chi connectivity index (χ0) is 27.4. The van der Waals surface area contributed by atoms with Crippen molar-refractivity contribution < 1.29 is 4.39 Å². The van der Waals surface area contributed by atoms with Gasteiger partial charge in [0, 0.05) is 16.0 Å². The molecule has 5 aromatic rings. The Labute approximate surface area is 244 Å². The van der Waals surface area contributed by atoms with Gasteiger partial charge >= 0.3 is 0 Å². The third kappa shape index (κ3) is 4.67. The molecule has 0 saturated heterocycles. The zero-order valence-electron chi connectivity index (χ0n) is 22.3. The van der Waals surface area contributed by atoms with Crippen molar-refractivity contribution in [1.29, 1.82) is 0 Å². The first-order chi connectivity index (χ1) is 19.4. The normalized spacial score (nSPS) is 19.2. The lowest BCUT2D eigenvalue weighted by atomic mass is 9.89. The smallest absolute Gasteiger partial charge is 0.147 e. The summed E-state index contributed by atoms with van der Waals surface area (Å²) in [5, 5.41) is 5.99. The van der Waals surface area contributed by atoms with Crippen LogP contribution < -0.4 is 5.32 Å². The number of aliphatic imine (C=N–C) groups is 1. The highest BCUT2D eigenvalue weighted by atomic mass is 35.5. The molecule has 5 heterocycles. The number of rotatable bonds is 2. The number of anilines is 2. The van der Waals surface area contributed by atoms with Gasteiger partial charge in [0.2, 0.25) is 0 Å². The molecule has 0 saturated carbocycles. The van der Waals surface area contributed by atoms with Crippen LogP contribution in [0.5, 0.6) is 0 Å². The highest BCUT2D eigenvalue weighted by molar-refractivity contribution is 7.19. The minimum Gasteiger partial charge on any atom is -0.337 e. The van der Waals surface area contributed by atoms with Crippen LogP contribution in [-0.4, -0.2) is 26.2 Å². The maximum atomic E-state index is 14.5. The zero-order valence-corrected chi connectivity index (χ0v) is 24.7. The van der Waals surface area contributed by atoms with Gasteiger partial charge < -0.3 is 5.32 Å². The molecule has 0 bridgehead atoms. The van der Waals surface area contributed by atoms with Crippen LogP contribution in [0.4, 0.5) is 15.9 Å². The van der Waals surface area contributed by atoms with Crippen LogP contribution in [0.15, 0.2) is 29.8 Å². The Morgan fingerprint density at radius 1 is 0.875 bits per heavy atom. The Kier molecular flexibility index (Phi) is 6.76. The van der Waals surface area contributed by atoms with Crippen molar-refractivity contribution >= 4 is 72.4 Å². The standard InChI is InChI=1S/C19H17FN4S.C11H11ClN2S/c1-10-2-3-13-16(4-10)25-19-17(13)18(22-9-23-19)24-15-6-12-8-21-7-11(12)5-14(15)20;1-6-2-3-7-8(4-6)15-11-9(7)10(12)13-5-14-11/h5-6,8-10H,2-4,7H2,1H3,(H,22,23,24);5-6H,2-4H2,1H3. The van der Waals surface area contributed by atoms with E-state index in [9.17, 15) is 4.39 Å². The van der Waals surface area contributed by atoms with Crippen molar-refractivity contribution in [2.75, 3.05) is 5.32 Å². The van der Waals surface area contributed by atoms with E-state index < -0.39 is 0 Å². The summed E-state index contributed by atoms with van der Waals surface area (Å²) >= 11 is 9.66. The molecule has 204 valence electrons. The predicted octanol–water partition coefficient (Wildman–Crippen LogP) is 8.10. The van der Waals surface area contributed by atoms with Crippen LogP contribution in [-0.2, 0) is 32.2 Å². The van der Waals surface area contributed by atoms with Gasteiger partial charge in [-0.15, -0.1) is 22.7 Å². The first-order valence-corrected chi connectivity index (χ1v) is 15.7. The molecule has 0 radical (unpaired) electrons. The number of aromatic nitrogens is 4. The van der Waals surface area contributed by atoms with E-state index in [-0.39, 0.29) is 5.82 Å². The Balaban J connectivity index is 0.000000150. The van der Waals surface area contributed by atoms with Crippen molar-refractivity contribution in [2.45, 2.75) is 58.9 Å². The Morgan fingerprint density at radius 2 is 1.52 bits per heavy atom. The maximum Gasteiger partial charge on any atom is 0.147 e. The molecule has 40 heavy (non-hydrogen) atoms. The summed E-state index contributed by atoms with van der Waals surface area (Å²) in [4.78, 5) is 26.3. The number of benzene rings is 1. The summed E-state index contributed by atoms with van der Waals surface area (Å²) in [6.07, 6.45) is 11.8. The van der Waals surface area contributed by atoms with E-state index in [0.29, 0.717) is 29.1 Å². The van der Waals surface area contributed by atoms with E-state index in [1.807, 2.05) is 6.07 Å². The van der Waals surface area contributed by atoms with E-state index in [2.05, 4.69) is 44.1 Å². The molecule has 0 spiro atoms. The van der Waals surface area contributed by atoms with Crippen LogP contribution in [0.1, 0.15) is 58.7 Å². The van der Waals surface area contributed by atoms with Crippen molar-refractivity contribution in [1.82, 2.24) is 19.9 Å². The number of fused-ring (bicyclic) bond motifs is 7. The topological polar surface area (TPSA) is 76.0 Å². The van der Waals surface area contributed by atoms with Crippen molar-refractivity contribution in [3.63, 3.8) is 0 Å². The molecule has 1 N–H and O–H groups in total. The third-order valence-corrected chi connectivity index (χ3v) is 10.7. The van der Waals surface area contributed by atoms with Gasteiger partial charge in [-0.3, -0.25) is 4.99 Å². The number of hydrogen-bond donors (Lipinski definition) is 1. The Hall–Kier alpha value is -3.01. The fourth-order valence-electron chi connectivity index (χ4n) is 5.96. The molecule has 8 rings (SSSR count). The fourth-order valence-corrected chi connectivity index (χ4v) is 8.96. The number of thiophene rings is 2. The largest absolute Gasteiger partial charge is 0.337 e. The van der Waals surface area contributed by atoms with Crippen LogP contribution in [0.2, 0.25) is 5.15 Å². The third-order valence-electron chi connectivity index (χ3n) is 8.11. The number of aryl methyl sites for hydroxylation is 2. The van der Waals surface area contributed by atoms with Gasteiger partial charge in [-0.25, -0.2) is 24.3 Å². The molecular weight excluding hydrogens is 563 g/mol. The second kappa shape index (κ2) is 10.4. The van der Waals surface area contributed by atoms with Gasteiger partial charge in [0.05, 0.1) is 23.0 Å². The second-order valence-electron chi connectivity index (χ2n) is 11.1. The molecule has 1 aromatic carbocycles. The monoisotopic (exact) mass is 590 g/mol. The van der Waals surface area contributed by atoms with Crippen molar-refractivity contribution in [3.8, 4) is 0 Å². The molecule has 2 unspecified atom stereocenters. The minimum absolute atomic E-state index is 0.270. The highest BCUT2D eigenvalue weighted by Crippen LogP contribution is 2.41. The quantitative estimate of drug-likeness (QED) is 0.210. The van der Waals surface area contributed by atoms with Crippen LogP contribution in [0.25, 0.3) is 20.4 Å². The molecule has 6 nitrogen and oxygen atoms in total. The number of hydrogen-bond acceptors (Lipinski definition) is 8. The molecule has 2 atom stereocenters. The Bertz CT molecular complexity index is 1790. The van der Waals surface area contributed by atoms with E-state index in [0.717, 1.165) is 56.7 Å². The first kappa shape index (κ1) is 25.9. The summed E-state index contributed by atoms with van der Waals surface area (Å²) < 4.78 is 14.5. The van der Waals surface area contributed by atoms with Crippen LogP contribution in [0.3, 0.4) is 0 Å². The first-order valence-electron chi connectivity index (χ1n) is 13.7. The van der Waals surface area contributed by atoms with Gasteiger partial charge in [-0.05, 0) is 84.7 Å². The van der Waals surface area contributed by atoms with E-state index in [1.54, 1.807) is 47.6 Å². The lowest BCUT2D eigenvalue weighted by Crippen LogP contribution is -2.09. The summed E-state index contributed by atoms with van der Waals surface area (Å²) in [5.74, 6) is 1.93.